The molecular weight excluding hydrogens is 398 g/mol. The minimum absolute atomic E-state index is 0.220. The normalized spacial score (nSPS) is 10.5. The Kier molecular flexibility index (Phi) is 9.87. The number of para-hydroxylation sites is 1. The van der Waals surface area contributed by atoms with Crippen LogP contribution in [-0.2, 0) is 4.79 Å². The zero-order chi connectivity index (χ0) is 22.5. The number of ether oxygens (including phenoxy) is 3. The van der Waals surface area contributed by atoms with Gasteiger partial charge in [-0.3, -0.25) is 9.59 Å². The molecule has 0 aliphatic heterocycles. The number of nitrogens with one attached hydrogen (secondary N) is 2. The summed E-state index contributed by atoms with van der Waals surface area (Å²) in [5.74, 6) is 0.875. The molecule has 0 unspecified atom stereocenters. The molecular formula is C23H29N3O5. The second-order valence-electron chi connectivity index (χ2n) is 6.52. The SMILES string of the molecule is CCCCOc1ccc(C=NNC(=O)CNC(=O)c2ccccc2OC)cc1OCC. The van der Waals surface area contributed by atoms with Gasteiger partial charge in [-0.25, -0.2) is 5.43 Å². The van der Waals surface area contributed by atoms with E-state index in [0.29, 0.717) is 36.0 Å². The second kappa shape index (κ2) is 12.9. The van der Waals surface area contributed by atoms with Crippen molar-refractivity contribution in [2.75, 3.05) is 26.9 Å². The number of unbranched alkanes of at least 4 members (excludes halogenated alkanes) is 1. The van der Waals surface area contributed by atoms with Crippen LogP contribution in [0.2, 0.25) is 0 Å². The third kappa shape index (κ3) is 7.65. The summed E-state index contributed by atoms with van der Waals surface area (Å²) in [6.07, 6.45) is 3.51. The minimum atomic E-state index is -0.455. The molecule has 0 fully saturated rings. The van der Waals surface area contributed by atoms with E-state index < -0.39 is 11.8 Å². The van der Waals surface area contributed by atoms with Crippen molar-refractivity contribution in [3.63, 3.8) is 0 Å². The van der Waals surface area contributed by atoms with E-state index in [-0.39, 0.29) is 6.54 Å². The van der Waals surface area contributed by atoms with Gasteiger partial charge in [0.1, 0.15) is 5.75 Å². The van der Waals surface area contributed by atoms with E-state index in [9.17, 15) is 9.59 Å². The van der Waals surface area contributed by atoms with E-state index >= 15 is 0 Å². The Bertz CT molecular complexity index is 899. The lowest BCUT2D eigenvalue weighted by molar-refractivity contribution is -0.120. The highest BCUT2D eigenvalue weighted by molar-refractivity contribution is 5.98. The first kappa shape index (κ1) is 23.7. The summed E-state index contributed by atoms with van der Waals surface area (Å²) in [6.45, 7) is 4.91. The maximum atomic E-state index is 12.2. The van der Waals surface area contributed by atoms with Gasteiger partial charge in [0, 0.05) is 0 Å². The standard InChI is InChI=1S/C23H29N3O5/c1-4-6-13-31-20-12-11-17(14-21(20)30-5-2)15-25-26-22(27)16-24-23(28)18-9-7-8-10-19(18)29-3/h7-12,14-15H,4-6,13,16H2,1-3H3,(H,24,28)(H,26,27). The predicted molar refractivity (Wildman–Crippen MR) is 119 cm³/mol. The molecule has 2 amide bonds. The third-order valence-corrected chi connectivity index (χ3v) is 4.19. The monoisotopic (exact) mass is 427 g/mol. The highest BCUT2D eigenvalue weighted by atomic mass is 16.5. The summed E-state index contributed by atoms with van der Waals surface area (Å²) in [5, 5.41) is 6.47. The minimum Gasteiger partial charge on any atom is -0.496 e. The molecule has 2 N–H and O–H groups in total. The third-order valence-electron chi connectivity index (χ3n) is 4.19. The Balaban J connectivity index is 1.88. The fraction of sp³-hybridized carbons (Fsp3) is 0.348. The van der Waals surface area contributed by atoms with Crippen molar-refractivity contribution >= 4 is 18.0 Å². The lowest BCUT2D eigenvalue weighted by Gasteiger charge is -2.12. The average Bonchev–Trinajstić information content (AvgIpc) is 2.79. The molecule has 0 atom stereocenters. The van der Waals surface area contributed by atoms with Crippen molar-refractivity contribution in [1.29, 1.82) is 0 Å². The van der Waals surface area contributed by atoms with Crippen molar-refractivity contribution < 1.29 is 23.8 Å². The number of nitrogens with zero attached hydrogens (tertiary/aromatic N) is 1. The maximum absolute atomic E-state index is 12.2. The molecule has 166 valence electrons. The smallest absolute Gasteiger partial charge is 0.259 e. The molecule has 2 rings (SSSR count). The number of hydrogen-bond acceptors (Lipinski definition) is 6. The van der Waals surface area contributed by atoms with Crippen LogP contribution in [0.4, 0.5) is 0 Å². The van der Waals surface area contributed by atoms with Crippen molar-refractivity contribution in [2.45, 2.75) is 26.7 Å². The summed E-state index contributed by atoms with van der Waals surface area (Å²) >= 11 is 0. The first-order chi connectivity index (χ1) is 15.1. The van der Waals surface area contributed by atoms with Crippen LogP contribution in [0.25, 0.3) is 0 Å². The number of methoxy groups -OCH3 is 1. The summed E-state index contributed by atoms with van der Waals surface area (Å²) in [4.78, 5) is 24.2. The zero-order valence-corrected chi connectivity index (χ0v) is 18.1. The van der Waals surface area contributed by atoms with Gasteiger partial charge in [0.05, 0.1) is 38.6 Å². The number of carbonyl (C=O) groups excluding carboxylic acids is 2. The fourth-order valence-electron chi connectivity index (χ4n) is 2.63. The van der Waals surface area contributed by atoms with Crippen molar-refractivity contribution in [3.8, 4) is 17.2 Å². The number of hydrogen-bond donors (Lipinski definition) is 2. The van der Waals surface area contributed by atoms with Crippen molar-refractivity contribution in [1.82, 2.24) is 10.7 Å². The van der Waals surface area contributed by atoms with Gasteiger partial charge >= 0.3 is 0 Å². The highest BCUT2D eigenvalue weighted by Gasteiger charge is 2.12. The van der Waals surface area contributed by atoms with E-state index in [1.165, 1.54) is 13.3 Å². The zero-order valence-electron chi connectivity index (χ0n) is 18.1. The van der Waals surface area contributed by atoms with Gasteiger partial charge in [0.25, 0.3) is 11.8 Å². The quantitative estimate of drug-likeness (QED) is 0.308. The molecule has 0 saturated heterocycles. The molecule has 0 saturated carbocycles. The van der Waals surface area contributed by atoms with Crippen LogP contribution >= 0.6 is 0 Å². The highest BCUT2D eigenvalue weighted by Crippen LogP contribution is 2.28. The van der Waals surface area contributed by atoms with E-state index in [0.717, 1.165) is 18.4 Å². The predicted octanol–water partition coefficient (Wildman–Crippen LogP) is 3.15. The van der Waals surface area contributed by atoms with Gasteiger partial charge < -0.3 is 19.5 Å². The summed E-state index contributed by atoms with van der Waals surface area (Å²) in [5.41, 5.74) is 3.48. The van der Waals surface area contributed by atoms with Crippen LogP contribution < -0.4 is 25.0 Å². The average molecular weight is 428 g/mol. The largest absolute Gasteiger partial charge is 0.496 e. The van der Waals surface area contributed by atoms with Crippen molar-refractivity contribution in [2.24, 2.45) is 5.10 Å². The molecule has 0 aromatic heterocycles. The summed E-state index contributed by atoms with van der Waals surface area (Å²) in [6, 6.07) is 12.2. The lowest BCUT2D eigenvalue weighted by Crippen LogP contribution is -2.35. The number of amides is 2. The number of rotatable bonds is 12. The first-order valence-corrected chi connectivity index (χ1v) is 10.2. The van der Waals surface area contributed by atoms with Crippen LogP contribution in [-0.4, -0.2) is 44.9 Å². The Labute approximate surface area is 182 Å². The molecule has 0 spiro atoms. The van der Waals surface area contributed by atoms with E-state index in [4.69, 9.17) is 14.2 Å². The van der Waals surface area contributed by atoms with Gasteiger partial charge in [-0.05, 0) is 49.2 Å². The van der Waals surface area contributed by atoms with Crippen LogP contribution in [0.3, 0.4) is 0 Å². The molecule has 8 heteroatoms. The Morgan fingerprint density at radius 3 is 2.58 bits per heavy atom. The fourth-order valence-corrected chi connectivity index (χ4v) is 2.63. The number of hydrazone groups is 1. The molecule has 8 nitrogen and oxygen atoms in total. The van der Waals surface area contributed by atoms with E-state index in [1.807, 2.05) is 19.1 Å². The first-order valence-electron chi connectivity index (χ1n) is 10.2. The molecule has 0 aliphatic rings. The molecule has 2 aromatic rings. The van der Waals surface area contributed by atoms with E-state index in [2.05, 4.69) is 22.8 Å². The van der Waals surface area contributed by atoms with E-state index in [1.54, 1.807) is 30.3 Å². The van der Waals surface area contributed by atoms with Gasteiger partial charge in [-0.1, -0.05) is 25.5 Å². The van der Waals surface area contributed by atoms with Gasteiger partial charge in [-0.15, -0.1) is 0 Å². The molecule has 0 bridgehead atoms. The summed E-state index contributed by atoms with van der Waals surface area (Å²) in [7, 11) is 1.48. The van der Waals surface area contributed by atoms with Crippen LogP contribution in [0, 0.1) is 0 Å². The Morgan fingerprint density at radius 2 is 1.84 bits per heavy atom. The Morgan fingerprint density at radius 1 is 1.03 bits per heavy atom. The number of carbonyl (C=O) groups is 2. The topological polar surface area (TPSA) is 98.2 Å². The molecule has 0 aliphatic carbocycles. The van der Waals surface area contributed by atoms with Crippen LogP contribution in [0.15, 0.2) is 47.6 Å². The molecule has 0 radical (unpaired) electrons. The molecule has 31 heavy (non-hydrogen) atoms. The van der Waals surface area contributed by atoms with Crippen LogP contribution in [0.1, 0.15) is 42.6 Å². The lowest BCUT2D eigenvalue weighted by atomic mass is 10.2. The molecule has 2 aromatic carbocycles. The maximum Gasteiger partial charge on any atom is 0.259 e. The second-order valence-corrected chi connectivity index (χ2v) is 6.52. The molecule has 0 heterocycles. The number of benzene rings is 2. The van der Waals surface area contributed by atoms with Crippen LogP contribution in [0.5, 0.6) is 17.2 Å². The Hall–Kier alpha value is -3.55. The van der Waals surface area contributed by atoms with Crippen molar-refractivity contribution in [3.05, 3.63) is 53.6 Å². The van der Waals surface area contributed by atoms with Gasteiger partial charge in [-0.2, -0.15) is 5.10 Å². The van der Waals surface area contributed by atoms with Gasteiger partial charge in [0.15, 0.2) is 11.5 Å². The summed E-state index contributed by atoms with van der Waals surface area (Å²) < 4.78 is 16.5. The van der Waals surface area contributed by atoms with Gasteiger partial charge in [0.2, 0.25) is 0 Å².